The molecule has 2 bridgehead atoms. The normalized spacial score (nSPS) is 31.2. The van der Waals surface area contributed by atoms with Gasteiger partial charge in [-0.1, -0.05) is 94.4 Å². The summed E-state index contributed by atoms with van der Waals surface area (Å²) < 4.78 is 6.54. The second-order valence-corrected chi connectivity index (χ2v) is 18.4. The topological polar surface area (TPSA) is 16.4 Å². The van der Waals surface area contributed by atoms with Crippen molar-refractivity contribution in [3.05, 3.63) is 125 Å². The van der Waals surface area contributed by atoms with Crippen LogP contribution in [0.25, 0.3) is 33.1 Å². The van der Waals surface area contributed by atoms with E-state index in [1.165, 1.54) is 88.6 Å². The van der Waals surface area contributed by atoms with Crippen LogP contribution in [0.3, 0.4) is 0 Å². The lowest BCUT2D eigenvalue weighted by Crippen LogP contribution is -2.73. The molecule has 0 saturated heterocycles. The molecule has 50 heavy (non-hydrogen) atoms. The maximum Gasteiger partial charge on any atom is 0.137 e. The molecular weight excluding hydrogens is 607 g/mol. The van der Waals surface area contributed by atoms with Crippen LogP contribution < -0.4 is 4.90 Å². The van der Waals surface area contributed by atoms with Crippen molar-refractivity contribution in [3.8, 4) is 11.1 Å². The van der Waals surface area contributed by atoms with Crippen LogP contribution in [0.2, 0.25) is 0 Å². The Morgan fingerprint density at radius 1 is 0.620 bits per heavy atom. The van der Waals surface area contributed by atoms with E-state index in [0.717, 1.165) is 34.8 Å². The number of furan rings is 1. The maximum atomic E-state index is 6.54. The van der Waals surface area contributed by atoms with E-state index in [2.05, 4.69) is 136 Å². The molecule has 5 aromatic carbocycles. The van der Waals surface area contributed by atoms with Gasteiger partial charge in [-0.15, -0.1) is 0 Å². The number of anilines is 3. The highest BCUT2D eigenvalue weighted by Gasteiger charge is 2.84. The summed E-state index contributed by atoms with van der Waals surface area (Å²) in [5.74, 6) is 3.50. The van der Waals surface area contributed by atoms with Crippen LogP contribution in [0.5, 0.6) is 0 Å². The summed E-state index contributed by atoms with van der Waals surface area (Å²) in [6, 6.07) is 39.6. The van der Waals surface area contributed by atoms with E-state index < -0.39 is 0 Å². The molecule has 248 valence electrons. The number of fused-ring (bicyclic) bond motifs is 12. The van der Waals surface area contributed by atoms with Gasteiger partial charge in [-0.2, -0.15) is 0 Å². The van der Waals surface area contributed by atoms with E-state index in [1.54, 1.807) is 11.1 Å². The molecule has 0 amide bonds. The molecule has 2 nitrogen and oxygen atoms in total. The first-order valence-corrected chi connectivity index (χ1v) is 19.3. The van der Waals surface area contributed by atoms with E-state index in [-0.39, 0.29) is 16.2 Å². The average molecular weight is 652 g/mol. The lowest BCUT2D eigenvalue weighted by molar-refractivity contribution is -0.231. The molecular formula is C48H45NO. The summed E-state index contributed by atoms with van der Waals surface area (Å²) in [6.07, 6.45) is 8.25. The predicted molar refractivity (Wildman–Crippen MR) is 205 cm³/mol. The van der Waals surface area contributed by atoms with Crippen molar-refractivity contribution in [3.63, 3.8) is 0 Å². The van der Waals surface area contributed by atoms with Gasteiger partial charge in [-0.3, -0.25) is 0 Å². The monoisotopic (exact) mass is 651 g/mol. The van der Waals surface area contributed by atoms with E-state index in [4.69, 9.17) is 4.42 Å². The van der Waals surface area contributed by atoms with Gasteiger partial charge in [0.15, 0.2) is 0 Å². The SMILES string of the molecule is CC1(C)CCC(C)(C)c2cc(N(c3cccc4c3-c3ccccc3C43C4CC5CC6CC3C64C5)c3cccc4oc5ccccc5c34)ccc21. The summed E-state index contributed by atoms with van der Waals surface area (Å²) in [5.41, 5.74) is 15.8. The third kappa shape index (κ3) is 3.09. The third-order valence-electron chi connectivity index (χ3n) is 15.6. The van der Waals surface area contributed by atoms with Gasteiger partial charge >= 0.3 is 0 Å². The van der Waals surface area contributed by atoms with Gasteiger partial charge in [-0.25, -0.2) is 0 Å². The van der Waals surface area contributed by atoms with Gasteiger partial charge in [0.1, 0.15) is 11.2 Å². The third-order valence-corrected chi connectivity index (χ3v) is 15.6. The Balaban J connectivity index is 1.16. The number of nitrogens with zero attached hydrogens (tertiary/aromatic N) is 1. The van der Waals surface area contributed by atoms with E-state index in [9.17, 15) is 0 Å². The van der Waals surface area contributed by atoms with E-state index in [1.807, 2.05) is 0 Å². The molecule has 2 spiro atoms. The quantitative estimate of drug-likeness (QED) is 0.189. The van der Waals surface area contributed by atoms with Crippen LogP contribution in [-0.4, -0.2) is 0 Å². The minimum atomic E-state index is 0.110. The number of hydrogen-bond acceptors (Lipinski definition) is 2. The molecule has 0 aliphatic heterocycles. The average Bonchev–Trinajstić information content (AvgIpc) is 3.85. The van der Waals surface area contributed by atoms with Crippen LogP contribution >= 0.6 is 0 Å². The van der Waals surface area contributed by atoms with Gasteiger partial charge in [0, 0.05) is 22.1 Å². The van der Waals surface area contributed by atoms with Crippen LogP contribution in [-0.2, 0) is 16.2 Å². The highest BCUT2D eigenvalue weighted by molar-refractivity contribution is 6.14. The lowest BCUT2D eigenvalue weighted by atomic mass is 9.27. The zero-order valence-electron chi connectivity index (χ0n) is 29.7. The minimum Gasteiger partial charge on any atom is -0.456 e. The van der Waals surface area contributed by atoms with Crippen molar-refractivity contribution in [2.24, 2.45) is 29.1 Å². The molecule has 6 unspecified atom stereocenters. The first kappa shape index (κ1) is 28.4. The standard InChI is InChI=1S/C48H45NO/c1-45(2)21-22-46(3,4)36-26-30(19-20-34(36)45)49(38-16-10-18-40-44(38)32-12-6-8-17-39(32)50-40)37-15-9-14-35-43(37)31-11-5-7-13-33(31)48(35)41-24-28-23-29-25-42(48)47(29,41)27-28/h5-20,26,28-29,41-42H,21-25,27H2,1-4H3. The maximum absolute atomic E-state index is 6.54. The van der Waals surface area contributed by atoms with Crippen molar-refractivity contribution in [2.75, 3.05) is 4.90 Å². The van der Waals surface area contributed by atoms with Crippen molar-refractivity contribution in [1.29, 1.82) is 0 Å². The van der Waals surface area contributed by atoms with Gasteiger partial charge < -0.3 is 9.32 Å². The summed E-state index contributed by atoms with van der Waals surface area (Å²) in [4.78, 5) is 2.62. The molecule has 2 heteroatoms. The Morgan fingerprint density at radius 2 is 1.34 bits per heavy atom. The zero-order valence-corrected chi connectivity index (χ0v) is 29.7. The molecule has 4 fully saturated rings. The molecule has 4 saturated carbocycles. The second-order valence-electron chi connectivity index (χ2n) is 18.4. The van der Waals surface area contributed by atoms with Gasteiger partial charge in [0.25, 0.3) is 0 Å². The van der Waals surface area contributed by atoms with Gasteiger partial charge in [0.2, 0.25) is 0 Å². The van der Waals surface area contributed by atoms with Crippen LogP contribution in [0.15, 0.2) is 108 Å². The number of para-hydroxylation sites is 1. The molecule has 6 aromatic rings. The minimum absolute atomic E-state index is 0.110. The Hall–Kier alpha value is -4.30. The molecule has 0 radical (unpaired) electrons. The number of hydrogen-bond donors (Lipinski definition) is 0. The van der Waals surface area contributed by atoms with Crippen molar-refractivity contribution < 1.29 is 4.42 Å². The molecule has 12 rings (SSSR count). The Morgan fingerprint density at radius 3 is 2.22 bits per heavy atom. The predicted octanol–water partition coefficient (Wildman–Crippen LogP) is 12.7. The van der Waals surface area contributed by atoms with Crippen LogP contribution in [0.4, 0.5) is 17.1 Å². The largest absolute Gasteiger partial charge is 0.456 e. The molecule has 6 aliphatic rings. The highest BCUT2D eigenvalue weighted by atomic mass is 16.3. The van der Waals surface area contributed by atoms with E-state index in [0.29, 0.717) is 5.41 Å². The summed E-state index contributed by atoms with van der Waals surface area (Å²) >= 11 is 0. The fourth-order valence-electron chi connectivity index (χ4n) is 13.6. The fourth-order valence-corrected chi connectivity index (χ4v) is 13.6. The Bertz CT molecular complexity index is 2460. The smallest absolute Gasteiger partial charge is 0.137 e. The Labute approximate surface area is 295 Å². The Kier molecular flexibility index (Phi) is 5.08. The van der Waals surface area contributed by atoms with Gasteiger partial charge in [0.05, 0.1) is 16.8 Å². The number of rotatable bonds is 3. The second kappa shape index (κ2) is 8.94. The van der Waals surface area contributed by atoms with Crippen LogP contribution in [0, 0.1) is 29.1 Å². The fraction of sp³-hybridized carbons (Fsp3) is 0.375. The van der Waals surface area contributed by atoms with Crippen LogP contribution in [0.1, 0.15) is 88.5 Å². The van der Waals surface area contributed by atoms with Crippen molar-refractivity contribution in [1.82, 2.24) is 0 Å². The van der Waals surface area contributed by atoms with Crippen molar-refractivity contribution in [2.45, 2.75) is 82.5 Å². The lowest BCUT2D eigenvalue weighted by Gasteiger charge is -2.76. The molecule has 1 aromatic heterocycles. The van der Waals surface area contributed by atoms with Gasteiger partial charge in [-0.05, 0) is 143 Å². The first-order valence-electron chi connectivity index (χ1n) is 19.3. The van der Waals surface area contributed by atoms with Crippen molar-refractivity contribution >= 4 is 39.0 Å². The highest BCUT2D eigenvalue weighted by Crippen LogP contribution is 2.89. The summed E-state index contributed by atoms with van der Waals surface area (Å²) in [5, 5.41) is 2.37. The number of benzene rings is 5. The molecule has 0 N–H and O–H groups in total. The summed E-state index contributed by atoms with van der Waals surface area (Å²) in [6.45, 7) is 9.77. The zero-order chi connectivity index (χ0) is 33.4. The molecule has 1 heterocycles. The first-order chi connectivity index (χ1) is 24.2. The van der Waals surface area contributed by atoms with E-state index >= 15 is 0 Å². The molecule has 6 atom stereocenters. The summed E-state index contributed by atoms with van der Waals surface area (Å²) in [7, 11) is 0. The molecule has 6 aliphatic carbocycles.